The van der Waals surface area contributed by atoms with Gasteiger partial charge in [-0.15, -0.1) is 0 Å². The summed E-state index contributed by atoms with van der Waals surface area (Å²) in [6, 6.07) is 10.1. The number of nitrogens with one attached hydrogen (secondary N) is 2. The maximum atomic E-state index is 12.9. The molecule has 1 heterocycles. The molecule has 0 radical (unpaired) electrons. The van der Waals surface area contributed by atoms with Gasteiger partial charge in [0, 0.05) is 58.5 Å². The highest BCUT2D eigenvalue weighted by Crippen LogP contribution is 2.22. The quantitative estimate of drug-likeness (QED) is 0.274. The summed E-state index contributed by atoms with van der Waals surface area (Å²) in [4.78, 5) is 24.3. The minimum Gasteiger partial charge on any atom is -0.379 e. The SMILES string of the molecule is CC.CCC(C)c1ncc(C(=O)Nc2cccc([C@H](C)NC(C)C=N/C(=C/N(C)CC)C(C)C)c2)cc1C.[HH].[HH]. The Kier molecular flexibility index (Phi) is 14.6. The van der Waals surface area contributed by atoms with Crippen LogP contribution in [0.2, 0.25) is 0 Å². The first-order valence-electron chi connectivity index (χ1n) is 14.2. The predicted octanol–water partition coefficient (Wildman–Crippen LogP) is 8.23. The van der Waals surface area contributed by atoms with E-state index in [0.29, 0.717) is 17.4 Å². The molecule has 1 aromatic heterocycles. The van der Waals surface area contributed by atoms with Crippen molar-refractivity contribution in [2.75, 3.05) is 18.9 Å². The fraction of sp³-hybridized carbons (Fsp3) is 0.531. The van der Waals surface area contributed by atoms with E-state index in [1.54, 1.807) is 6.20 Å². The molecule has 1 amide bonds. The molecule has 6 heteroatoms. The first kappa shape index (κ1) is 33.0. The molecule has 0 aliphatic carbocycles. The van der Waals surface area contributed by atoms with Crippen LogP contribution in [0.25, 0.3) is 0 Å². The number of carbonyl (C=O) groups excluding carboxylic acids is 1. The van der Waals surface area contributed by atoms with E-state index in [1.165, 1.54) is 0 Å². The molecule has 0 aliphatic heterocycles. The van der Waals surface area contributed by atoms with Crippen molar-refractivity contribution in [3.05, 3.63) is 70.8 Å². The lowest BCUT2D eigenvalue weighted by Crippen LogP contribution is -2.30. The number of amides is 1. The van der Waals surface area contributed by atoms with E-state index in [4.69, 9.17) is 4.99 Å². The molecule has 3 atom stereocenters. The third-order valence-corrected chi connectivity index (χ3v) is 6.51. The molecule has 38 heavy (non-hydrogen) atoms. The zero-order chi connectivity index (χ0) is 28.8. The Bertz CT molecular complexity index is 1070. The second-order valence-electron chi connectivity index (χ2n) is 10.1. The third kappa shape index (κ3) is 10.4. The van der Waals surface area contributed by atoms with Crippen molar-refractivity contribution < 1.29 is 7.65 Å². The van der Waals surface area contributed by atoms with Crippen LogP contribution in [0.15, 0.2) is 53.4 Å². The molecule has 0 bridgehead atoms. The van der Waals surface area contributed by atoms with Crippen molar-refractivity contribution in [3.63, 3.8) is 0 Å². The second-order valence-corrected chi connectivity index (χ2v) is 10.1. The number of pyridine rings is 1. The summed E-state index contributed by atoms with van der Waals surface area (Å²) in [5.41, 5.74) is 5.61. The van der Waals surface area contributed by atoms with Crippen LogP contribution in [0, 0.1) is 12.8 Å². The van der Waals surface area contributed by atoms with Crippen molar-refractivity contribution in [2.24, 2.45) is 10.9 Å². The molecule has 0 fully saturated rings. The summed E-state index contributed by atoms with van der Waals surface area (Å²) in [5, 5.41) is 6.61. The molecule has 1 aromatic carbocycles. The number of aryl methyl sites for hydroxylation is 1. The van der Waals surface area contributed by atoms with E-state index in [2.05, 4.69) is 88.3 Å². The first-order valence-corrected chi connectivity index (χ1v) is 14.2. The zero-order valence-electron chi connectivity index (χ0n) is 25.6. The van der Waals surface area contributed by atoms with Crippen molar-refractivity contribution in [2.45, 2.75) is 93.7 Å². The average molecular weight is 526 g/mol. The number of carbonyl (C=O) groups is 1. The maximum absolute atomic E-state index is 12.9. The number of nitrogens with zero attached hydrogens (tertiary/aromatic N) is 3. The van der Waals surface area contributed by atoms with E-state index in [0.717, 1.165) is 41.2 Å². The molecular formula is C32H55N5O. The fourth-order valence-electron chi connectivity index (χ4n) is 3.89. The van der Waals surface area contributed by atoms with Crippen LogP contribution >= 0.6 is 0 Å². The summed E-state index contributed by atoms with van der Waals surface area (Å²) in [5.74, 6) is 0.584. The Morgan fingerprint density at radius 1 is 1.13 bits per heavy atom. The summed E-state index contributed by atoms with van der Waals surface area (Å²) >= 11 is 0. The molecule has 2 N–H and O–H groups in total. The molecule has 2 aromatic rings. The van der Waals surface area contributed by atoms with Gasteiger partial charge in [0.2, 0.25) is 0 Å². The van der Waals surface area contributed by atoms with Crippen LogP contribution in [0.4, 0.5) is 5.69 Å². The van der Waals surface area contributed by atoms with Gasteiger partial charge in [-0.05, 0) is 75.3 Å². The second kappa shape index (κ2) is 16.8. The van der Waals surface area contributed by atoms with E-state index in [-0.39, 0.29) is 20.8 Å². The predicted molar refractivity (Wildman–Crippen MR) is 168 cm³/mol. The lowest BCUT2D eigenvalue weighted by atomic mass is 9.99. The number of hydrogen-bond acceptors (Lipinski definition) is 5. The van der Waals surface area contributed by atoms with Gasteiger partial charge in [-0.2, -0.15) is 0 Å². The van der Waals surface area contributed by atoms with Gasteiger partial charge in [0.1, 0.15) is 0 Å². The average Bonchev–Trinajstić information content (AvgIpc) is 2.91. The summed E-state index contributed by atoms with van der Waals surface area (Å²) in [6.45, 7) is 21.9. The van der Waals surface area contributed by atoms with Crippen LogP contribution in [0.5, 0.6) is 0 Å². The van der Waals surface area contributed by atoms with Gasteiger partial charge in [-0.1, -0.05) is 53.7 Å². The highest BCUT2D eigenvalue weighted by molar-refractivity contribution is 6.04. The molecule has 214 valence electrons. The van der Waals surface area contributed by atoms with Gasteiger partial charge in [-0.25, -0.2) is 0 Å². The number of aliphatic imine (C=N–C) groups is 1. The Labute approximate surface area is 235 Å². The lowest BCUT2D eigenvalue weighted by Gasteiger charge is -2.19. The van der Waals surface area contributed by atoms with Crippen LogP contribution in [-0.2, 0) is 0 Å². The van der Waals surface area contributed by atoms with E-state index in [9.17, 15) is 4.79 Å². The van der Waals surface area contributed by atoms with Gasteiger partial charge in [0.05, 0.1) is 11.3 Å². The van der Waals surface area contributed by atoms with Gasteiger partial charge < -0.3 is 15.5 Å². The minimum atomic E-state index is -0.149. The third-order valence-electron chi connectivity index (χ3n) is 6.51. The van der Waals surface area contributed by atoms with Crippen molar-refractivity contribution in [3.8, 4) is 0 Å². The Morgan fingerprint density at radius 2 is 1.82 bits per heavy atom. The lowest BCUT2D eigenvalue weighted by molar-refractivity contribution is 0.102. The number of rotatable bonds is 12. The standard InChI is InChI=1S/C30H45N5O.C2H6.2H2/c1-10-21(5)29-22(6)15-26(18-32-29)30(36)34-27-14-12-13-25(16-27)24(8)33-23(7)17-31-28(20(3)4)19-35(9)11-2;1-2;;/h12-21,23-24,33H,10-11H2,1-9H3,(H,34,36);1-2H3;2*1H/b28-19+,31-17?;;;/t21?,23?,24-;;;/m0.../s1. The van der Waals surface area contributed by atoms with Crippen LogP contribution in [-0.4, -0.2) is 41.6 Å². The van der Waals surface area contributed by atoms with E-state index < -0.39 is 0 Å². The fourth-order valence-corrected chi connectivity index (χ4v) is 3.89. The van der Waals surface area contributed by atoms with Crippen molar-refractivity contribution in [1.82, 2.24) is 15.2 Å². The first-order chi connectivity index (χ1) is 18.0. The molecule has 2 rings (SSSR count). The maximum Gasteiger partial charge on any atom is 0.257 e. The Balaban J connectivity index is 0. The number of hydrogen-bond donors (Lipinski definition) is 2. The van der Waals surface area contributed by atoms with Crippen LogP contribution in [0.1, 0.15) is 111 Å². The van der Waals surface area contributed by atoms with Gasteiger partial charge >= 0.3 is 0 Å². The Morgan fingerprint density at radius 3 is 2.39 bits per heavy atom. The van der Waals surface area contributed by atoms with Crippen LogP contribution in [0.3, 0.4) is 0 Å². The van der Waals surface area contributed by atoms with Gasteiger partial charge in [-0.3, -0.25) is 14.8 Å². The normalized spacial score (nSPS) is 14.1. The zero-order valence-corrected chi connectivity index (χ0v) is 25.6. The van der Waals surface area contributed by atoms with Crippen LogP contribution < -0.4 is 10.6 Å². The molecular weight excluding hydrogens is 470 g/mol. The van der Waals surface area contributed by atoms with Gasteiger partial charge in [0.25, 0.3) is 5.91 Å². The summed E-state index contributed by atoms with van der Waals surface area (Å²) < 4.78 is 0. The number of aromatic nitrogens is 1. The highest BCUT2D eigenvalue weighted by Gasteiger charge is 2.14. The van der Waals surface area contributed by atoms with Crippen molar-refractivity contribution in [1.29, 1.82) is 0 Å². The molecule has 0 aliphatic rings. The minimum absolute atomic E-state index is 0. The van der Waals surface area contributed by atoms with Crippen molar-refractivity contribution >= 4 is 17.8 Å². The topological polar surface area (TPSA) is 69.6 Å². The number of allylic oxidation sites excluding steroid dienone is 1. The largest absolute Gasteiger partial charge is 0.379 e. The van der Waals surface area contributed by atoms with E-state index >= 15 is 0 Å². The molecule has 0 spiro atoms. The molecule has 0 saturated heterocycles. The monoisotopic (exact) mass is 525 g/mol. The smallest absolute Gasteiger partial charge is 0.257 e. The Hall–Kier alpha value is -2.99. The number of anilines is 1. The molecule has 6 nitrogen and oxygen atoms in total. The van der Waals surface area contributed by atoms with Gasteiger partial charge in [0.15, 0.2) is 0 Å². The number of benzene rings is 1. The molecule has 0 saturated carbocycles. The summed E-state index contributed by atoms with van der Waals surface area (Å²) in [7, 11) is 2.06. The summed E-state index contributed by atoms with van der Waals surface area (Å²) in [6.07, 6.45) is 6.78. The highest BCUT2D eigenvalue weighted by atomic mass is 16.1. The van der Waals surface area contributed by atoms with E-state index in [1.807, 2.05) is 51.3 Å². The molecule has 2 unspecified atom stereocenters.